The Morgan fingerprint density at radius 1 is 1.13 bits per heavy atom. The average Bonchev–Trinajstić information content (AvgIpc) is 2.51. The lowest BCUT2D eigenvalue weighted by Gasteiger charge is -2.10. The van der Waals surface area contributed by atoms with Gasteiger partial charge in [0.2, 0.25) is 0 Å². The summed E-state index contributed by atoms with van der Waals surface area (Å²) < 4.78 is 32.4. The Morgan fingerprint density at radius 2 is 1.87 bits per heavy atom. The Morgan fingerprint density at radius 3 is 2.48 bits per heavy atom. The van der Waals surface area contributed by atoms with Crippen LogP contribution in [0, 0.1) is 11.6 Å². The first kappa shape index (κ1) is 16.4. The Labute approximate surface area is 130 Å². The molecule has 0 bridgehead atoms. The number of hydrogen-bond donors (Lipinski definition) is 1. The lowest BCUT2D eigenvalue weighted by atomic mass is 10.0. The molecule has 0 aliphatic rings. The number of carbonyl (C=O) groups is 1. The second kappa shape index (κ2) is 6.87. The van der Waals surface area contributed by atoms with E-state index in [4.69, 9.17) is 4.74 Å². The van der Waals surface area contributed by atoms with Crippen molar-refractivity contribution in [3.8, 4) is 11.5 Å². The van der Waals surface area contributed by atoms with Crippen LogP contribution in [0.3, 0.4) is 0 Å². The van der Waals surface area contributed by atoms with Gasteiger partial charge in [-0.05, 0) is 30.3 Å². The van der Waals surface area contributed by atoms with Gasteiger partial charge in [0, 0.05) is 24.1 Å². The van der Waals surface area contributed by atoms with Crippen LogP contribution in [0.4, 0.5) is 8.78 Å². The summed E-state index contributed by atoms with van der Waals surface area (Å²) in [6, 6.07) is 6.90. The van der Waals surface area contributed by atoms with Crippen LogP contribution in [0.2, 0.25) is 0 Å². The molecule has 7 heteroatoms. The third-order valence-corrected chi connectivity index (χ3v) is 2.91. The summed E-state index contributed by atoms with van der Waals surface area (Å²) in [4.78, 5) is 15.5. The van der Waals surface area contributed by atoms with E-state index in [1.807, 2.05) is 0 Å². The normalized spacial score (nSPS) is 11.2. The van der Waals surface area contributed by atoms with E-state index in [9.17, 15) is 18.7 Å². The number of oxime groups is 1. The number of ether oxygens (including phenoxy) is 1. The fourth-order valence-corrected chi connectivity index (χ4v) is 1.87. The molecule has 0 radical (unpaired) electrons. The molecule has 0 saturated heterocycles. The van der Waals surface area contributed by atoms with Crippen molar-refractivity contribution in [3.05, 3.63) is 59.2 Å². The highest BCUT2D eigenvalue weighted by atomic mass is 19.1. The minimum absolute atomic E-state index is 0.0524. The van der Waals surface area contributed by atoms with Crippen molar-refractivity contribution in [1.29, 1.82) is 0 Å². The summed E-state index contributed by atoms with van der Waals surface area (Å²) in [5.41, 5.74) is -0.430. The Balaban J connectivity index is 2.61. The zero-order valence-electron chi connectivity index (χ0n) is 12.3. The van der Waals surface area contributed by atoms with E-state index < -0.39 is 17.6 Å². The van der Waals surface area contributed by atoms with Gasteiger partial charge in [0.05, 0.1) is 7.11 Å². The van der Waals surface area contributed by atoms with E-state index in [1.54, 1.807) is 0 Å². The van der Waals surface area contributed by atoms with Gasteiger partial charge in [-0.25, -0.2) is 13.6 Å². The van der Waals surface area contributed by atoms with Gasteiger partial charge in [-0.1, -0.05) is 5.16 Å². The van der Waals surface area contributed by atoms with Crippen molar-refractivity contribution in [2.24, 2.45) is 5.16 Å². The van der Waals surface area contributed by atoms with Gasteiger partial charge in [0.15, 0.2) is 0 Å². The van der Waals surface area contributed by atoms with Crippen molar-refractivity contribution in [2.75, 3.05) is 7.11 Å². The molecule has 0 fully saturated rings. The number of nitrogens with zero attached hydrogens (tertiary/aromatic N) is 1. The summed E-state index contributed by atoms with van der Waals surface area (Å²) >= 11 is 0. The van der Waals surface area contributed by atoms with Crippen LogP contribution in [0.25, 0.3) is 0 Å². The standard InChI is InChI=1S/C16H13F2NO4/c1-9(20)23-19-16(13-7-10(17)3-6-14(13)18)12-5-4-11(22-2)8-15(12)21/h3-8,21H,1-2H3/b19-16-. The maximum atomic E-state index is 14.0. The van der Waals surface area contributed by atoms with E-state index in [-0.39, 0.29) is 22.6 Å². The third-order valence-electron chi connectivity index (χ3n) is 2.91. The molecule has 2 aromatic carbocycles. The molecule has 0 aliphatic carbocycles. The number of benzene rings is 2. The fraction of sp³-hybridized carbons (Fsp3) is 0.125. The zero-order valence-corrected chi connectivity index (χ0v) is 12.3. The molecule has 120 valence electrons. The van der Waals surface area contributed by atoms with E-state index in [1.165, 1.54) is 25.3 Å². The molecule has 2 rings (SSSR count). The summed E-state index contributed by atoms with van der Waals surface area (Å²) in [5, 5.41) is 13.6. The Hall–Kier alpha value is -2.96. The molecule has 0 unspecified atom stereocenters. The zero-order chi connectivity index (χ0) is 17.0. The summed E-state index contributed by atoms with van der Waals surface area (Å²) in [6.07, 6.45) is 0. The van der Waals surface area contributed by atoms with Crippen LogP contribution < -0.4 is 4.74 Å². The fourth-order valence-electron chi connectivity index (χ4n) is 1.87. The lowest BCUT2D eigenvalue weighted by molar-refractivity contribution is -0.140. The number of methoxy groups -OCH3 is 1. The average molecular weight is 321 g/mol. The second-order valence-electron chi connectivity index (χ2n) is 4.53. The van der Waals surface area contributed by atoms with E-state index in [2.05, 4.69) is 9.99 Å². The molecular formula is C16H13F2NO4. The molecule has 23 heavy (non-hydrogen) atoms. The molecule has 0 heterocycles. The molecule has 0 atom stereocenters. The maximum Gasteiger partial charge on any atom is 0.332 e. The lowest BCUT2D eigenvalue weighted by Crippen LogP contribution is -2.09. The van der Waals surface area contributed by atoms with Crippen molar-refractivity contribution >= 4 is 11.7 Å². The van der Waals surface area contributed by atoms with Crippen LogP contribution in [0.1, 0.15) is 18.1 Å². The smallest absolute Gasteiger partial charge is 0.332 e. The quantitative estimate of drug-likeness (QED) is 0.534. The van der Waals surface area contributed by atoms with Crippen LogP contribution in [0.15, 0.2) is 41.6 Å². The number of phenolic OH excluding ortho intramolecular Hbond substituents is 1. The minimum Gasteiger partial charge on any atom is -0.507 e. The number of halogens is 2. The maximum absolute atomic E-state index is 14.0. The topological polar surface area (TPSA) is 68.1 Å². The number of phenols is 1. The highest BCUT2D eigenvalue weighted by Crippen LogP contribution is 2.27. The first-order valence-electron chi connectivity index (χ1n) is 6.50. The molecule has 5 nitrogen and oxygen atoms in total. The van der Waals surface area contributed by atoms with Gasteiger partial charge in [0.25, 0.3) is 0 Å². The number of aromatic hydroxyl groups is 1. The Kier molecular flexibility index (Phi) is 4.90. The van der Waals surface area contributed by atoms with Gasteiger partial charge in [-0.3, -0.25) is 0 Å². The van der Waals surface area contributed by atoms with Crippen molar-refractivity contribution in [2.45, 2.75) is 6.92 Å². The summed E-state index contributed by atoms with van der Waals surface area (Å²) in [5.74, 6) is -2.17. The number of hydrogen-bond acceptors (Lipinski definition) is 5. The van der Waals surface area contributed by atoms with E-state index in [0.717, 1.165) is 25.1 Å². The van der Waals surface area contributed by atoms with Gasteiger partial charge in [0.1, 0.15) is 28.8 Å². The highest BCUT2D eigenvalue weighted by Gasteiger charge is 2.18. The molecular weight excluding hydrogens is 308 g/mol. The van der Waals surface area contributed by atoms with Crippen molar-refractivity contribution in [3.63, 3.8) is 0 Å². The van der Waals surface area contributed by atoms with Crippen LogP contribution in [0.5, 0.6) is 11.5 Å². The molecule has 0 aliphatic heterocycles. The number of carbonyl (C=O) groups excluding carboxylic acids is 1. The molecule has 0 amide bonds. The van der Waals surface area contributed by atoms with Gasteiger partial charge >= 0.3 is 5.97 Å². The van der Waals surface area contributed by atoms with Crippen molar-refractivity contribution in [1.82, 2.24) is 0 Å². The van der Waals surface area contributed by atoms with Crippen LogP contribution in [-0.4, -0.2) is 23.9 Å². The summed E-state index contributed by atoms with van der Waals surface area (Å²) in [6.45, 7) is 1.11. The van der Waals surface area contributed by atoms with Gasteiger partial charge < -0.3 is 14.7 Å². The molecule has 0 spiro atoms. The largest absolute Gasteiger partial charge is 0.507 e. The highest BCUT2D eigenvalue weighted by molar-refractivity contribution is 6.14. The minimum atomic E-state index is -0.785. The molecule has 0 saturated carbocycles. The first-order valence-corrected chi connectivity index (χ1v) is 6.50. The van der Waals surface area contributed by atoms with Gasteiger partial charge in [-0.15, -0.1) is 0 Å². The third kappa shape index (κ3) is 3.82. The SMILES string of the molecule is COc1ccc(/C(=N/OC(C)=O)c2cc(F)ccc2F)c(O)c1. The first-order chi connectivity index (χ1) is 10.9. The Bertz CT molecular complexity index is 775. The van der Waals surface area contributed by atoms with Gasteiger partial charge in [-0.2, -0.15) is 0 Å². The van der Waals surface area contributed by atoms with Crippen molar-refractivity contribution < 1.29 is 28.3 Å². The monoisotopic (exact) mass is 321 g/mol. The van der Waals surface area contributed by atoms with Crippen LogP contribution in [-0.2, 0) is 9.63 Å². The second-order valence-corrected chi connectivity index (χ2v) is 4.53. The predicted molar refractivity (Wildman–Crippen MR) is 78.4 cm³/mol. The molecule has 2 aromatic rings. The predicted octanol–water partition coefficient (Wildman–Crippen LogP) is 2.99. The van der Waals surface area contributed by atoms with Crippen LogP contribution >= 0.6 is 0 Å². The van der Waals surface area contributed by atoms with E-state index >= 15 is 0 Å². The molecule has 0 aromatic heterocycles. The molecule has 1 N–H and O–H groups in total. The number of rotatable bonds is 4. The van der Waals surface area contributed by atoms with E-state index in [0.29, 0.717) is 5.75 Å². The summed E-state index contributed by atoms with van der Waals surface area (Å²) in [7, 11) is 1.41.